The predicted molar refractivity (Wildman–Crippen MR) is 86.0 cm³/mol. The first-order valence-electron chi connectivity index (χ1n) is 7.58. The van der Waals surface area contributed by atoms with Crippen molar-refractivity contribution in [1.29, 1.82) is 0 Å². The zero-order chi connectivity index (χ0) is 14.8. The molecule has 0 bridgehead atoms. The standard InChI is InChI=1S/C18H21NO2/c1-13(21)15-2-3-17-11-18(5-4-16(17)10-15)19-8-6-14(12-20)7-9-19/h2-5,10-11,14,20H,6-9,12H2,1H3. The van der Waals surface area contributed by atoms with Crippen molar-refractivity contribution in [3.8, 4) is 0 Å². The molecule has 3 heteroatoms. The first kappa shape index (κ1) is 14.1. The van der Waals surface area contributed by atoms with Gasteiger partial charge in [0.25, 0.3) is 0 Å². The van der Waals surface area contributed by atoms with Crippen molar-refractivity contribution in [1.82, 2.24) is 0 Å². The SMILES string of the molecule is CC(=O)c1ccc2cc(N3CCC(CO)CC3)ccc2c1. The van der Waals surface area contributed by atoms with E-state index in [4.69, 9.17) is 0 Å². The van der Waals surface area contributed by atoms with Gasteiger partial charge in [-0.2, -0.15) is 0 Å². The minimum Gasteiger partial charge on any atom is -0.396 e. The number of rotatable bonds is 3. The lowest BCUT2D eigenvalue weighted by atomic mass is 9.97. The van der Waals surface area contributed by atoms with Gasteiger partial charge in [-0.25, -0.2) is 0 Å². The number of aliphatic hydroxyl groups excluding tert-OH is 1. The molecule has 3 rings (SSSR count). The zero-order valence-electron chi connectivity index (χ0n) is 12.4. The van der Waals surface area contributed by atoms with Crippen LogP contribution in [0.4, 0.5) is 5.69 Å². The zero-order valence-corrected chi connectivity index (χ0v) is 12.4. The Bertz CT molecular complexity index is 657. The number of nitrogens with zero attached hydrogens (tertiary/aromatic N) is 1. The highest BCUT2D eigenvalue weighted by Gasteiger charge is 2.18. The van der Waals surface area contributed by atoms with Gasteiger partial charge in [-0.05, 0) is 54.7 Å². The number of benzene rings is 2. The third kappa shape index (κ3) is 2.93. The van der Waals surface area contributed by atoms with Crippen molar-refractivity contribution < 1.29 is 9.90 Å². The summed E-state index contributed by atoms with van der Waals surface area (Å²) in [6, 6.07) is 12.3. The lowest BCUT2D eigenvalue weighted by Gasteiger charge is -2.33. The number of carbonyl (C=O) groups excluding carboxylic acids is 1. The molecule has 1 aliphatic heterocycles. The number of carbonyl (C=O) groups is 1. The van der Waals surface area contributed by atoms with Crippen molar-refractivity contribution in [2.75, 3.05) is 24.6 Å². The number of anilines is 1. The van der Waals surface area contributed by atoms with Crippen LogP contribution in [0.15, 0.2) is 36.4 Å². The van der Waals surface area contributed by atoms with Crippen LogP contribution >= 0.6 is 0 Å². The molecule has 0 atom stereocenters. The highest BCUT2D eigenvalue weighted by Crippen LogP contribution is 2.27. The molecule has 1 aliphatic rings. The van der Waals surface area contributed by atoms with Crippen LogP contribution in [0.25, 0.3) is 10.8 Å². The van der Waals surface area contributed by atoms with E-state index in [1.54, 1.807) is 6.92 Å². The number of aliphatic hydroxyl groups is 1. The average Bonchev–Trinajstić information content (AvgIpc) is 2.54. The first-order chi connectivity index (χ1) is 10.2. The molecular weight excluding hydrogens is 262 g/mol. The van der Waals surface area contributed by atoms with E-state index < -0.39 is 0 Å². The minimum atomic E-state index is 0.104. The molecule has 1 N–H and O–H groups in total. The smallest absolute Gasteiger partial charge is 0.159 e. The molecule has 0 saturated carbocycles. The molecule has 2 aromatic carbocycles. The van der Waals surface area contributed by atoms with Gasteiger partial charge < -0.3 is 10.0 Å². The number of Topliss-reactive ketones (excluding diaryl/α,β-unsaturated/α-hetero) is 1. The van der Waals surface area contributed by atoms with Gasteiger partial charge in [-0.1, -0.05) is 18.2 Å². The van der Waals surface area contributed by atoms with E-state index in [0.717, 1.165) is 36.9 Å². The number of ketones is 1. The molecule has 1 saturated heterocycles. The Morgan fingerprint density at radius 1 is 1.14 bits per heavy atom. The van der Waals surface area contributed by atoms with Gasteiger partial charge >= 0.3 is 0 Å². The summed E-state index contributed by atoms with van der Waals surface area (Å²) in [5.41, 5.74) is 1.99. The van der Waals surface area contributed by atoms with Crippen molar-refractivity contribution in [2.24, 2.45) is 5.92 Å². The molecule has 0 aromatic heterocycles. The molecule has 1 fully saturated rings. The highest BCUT2D eigenvalue weighted by molar-refractivity contribution is 5.99. The molecule has 2 aromatic rings. The number of hydrogen-bond acceptors (Lipinski definition) is 3. The van der Waals surface area contributed by atoms with Crippen molar-refractivity contribution in [3.05, 3.63) is 42.0 Å². The number of piperidine rings is 1. The van der Waals surface area contributed by atoms with Gasteiger partial charge in [0.1, 0.15) is 0 Å². The Morgan fingerprint density at radius 2 is 1.81 bits per heavy atom. The second kappa shape index (κ2) is 5.86. The fourth-order valence-corrected chi connectivity index (χ4v) is 3.02. The van der Waals surface area contributed by atoms with Crippen LogP contribution in [0, 0.1) is 5.92 Å². The van der Waals surface area contributed by atoms with Crippen LogP contribution in [-0.2, 0) is 0 Å². The molecule has 110 valence electrons. The summed E-state index contributed by atoms with van der Waals surface area (Å²) in [6.45, 7) is 3.91. The summed E-state index contributed by atoms with van der Waals surface area (Å²) in [7, 11) is 0. The molecule has 0 radical (unpaired) electrons. The summed E-state index contributed by atoms with van der Waals surface area (Å²) in [4.78, 5) is 13.8. The van der Waals surface area contributed by atoms with Crippen LogP contribution in [0.2, 0.25) is 0 Å². The van der Waals surface area contributed by atoms with Gasteiger partial charge in [0, 0.05) is 30.9 Å². The quantitative estimate of drug-likeness (QED) is 0.879. The average molecular weight is 283 g/mol. The van der Waals surface area contributed by atoms with Crippen LogP contribution in [0.5, 0.6) is 0 Å². The fraction of sp³-hybridized carbons (Fsp3) is 0.389. The summed E-state index contributed by atoms with van der Waals surface area (Å²) < 4.78 is 0. The molecule has 1 heterocycles. The Morgan fingerprint density at radius 3 is 2.48 bits per heavy atom. The normalized spacial score (nSPS) is 16.4. The Balaban J connectivity index is 1.85. The molecule has 21 heavy (non-hydrogen) atoms. The molecule has 3 nitrogen and oxygen atoms in total. The maximum atomic E-state index is 11.4. The van der Waals surface area contributed by atoms with Crippen molar-refractivity contribution in [2.45, 2.75) is 19.8 Å². The van der Waals surface area contributed by atoms with Crippen LogP contribution < -0.4 is 4.90 Å². The molecular formula is C18H21NO2. The third-order valence-electron chi connectivity index (χ3n) is 4.47. The molecule has 0 unspecified atom stereocenters. The fourth-order valence-electron chi connectivity index (χ4n) is 3.02. The van der Waals surface area contributed by atoms with Gasteiger partial charge in [-0.15, -0.1) is 0 Å². The van der Waals surface area contributed by atoms with Crippen LogP contribution in [0.1, 0.15) is 30.1 Å². The van der Waals surface area contributed by atoms with Gasteiger partial charge in [0.15, 0.2) is 5.78 Å². The van der Waals surface area contributed by atoms with E-state index >= 15 is 0 Å². The Hall–Kier alpha value is -1.87. The summed E-state index contributed by atoms with van der Waals surface area (Å²) in [5.74, 6) is 0.562. The van der Waals surface area contributed by atoms with E-state index in [2.05, 4.69) is 23.1 Å². The second-order valence-electron chi connectivity index (χ2n) is 5.92. The van der Waals surface area contributed by atoms with E-state index in [0.29, 0.717) is 12.5 Å². The van der Waals surface area contributed by atoms with E-state index in [1.807, 2.05) is 18.2 Å². The van der Waals surface area contributed by atoms with Crippen LogP contribution in [0.3, 0.4) is 0 Å². The highest BCUT2D eigenvalue weighted by atomic mass is 16.3. The van der Waals surface area contributed by atoms with Crippen molar-refractivity contribution in [3.63, 3.8) is 0 Å². The lowest BCUT2D eigenvalue weighted by molar-refractivity contribution is 0.101. The summed E-state index contributed by atoms with van der Waals surface area (Å²) in [6.07, 6.45) is 2.11. The van der Waals surface area contributed by atoms with E-state index in [-0.39, 0.29) is 5.78 Å². The minimum absolute atomic E-state index is 0.104. The second-order valence-corrected chi connectivity index (χ2v) is 5.92. The molecule has 0 spiro atoms. The molecule has 0 aliphatic carbocycles. The number of fused-ring (bicyclic) bond motifs is 1. The van der Waals surface area contributed by atoms with Gasteiger partial charge in [-0.3, -0.25) is 4.79 Å². The largest absolute Gasteiger partial charge is 0.396 e. The third-order valence-corrected chi connectivity index (χ3v) is 4.47. The predicted octanol–water partition coefficient (Wildman–Crippen LogP) is 3.25. The number of hydrogen-bond donors (Lipinski definition) is 1. The van der Waals surface area contributed by atoms with Gasteiger partial charge in [0.05, 0.1) is 0 Å². The first-order valence-corrected chi connectivity index (χ1v) is 7.58. The maximum absolute atomic E-state index is 11.4. The monoisotopic (exact) mass is 283 g/mol. The van der Waals surface area contributed by atoms with E-state index in [9.17, 15) is 9.90 Å². The van der Waals surface area contributed by atoms with Crippen molar-refractivity contribution >= 4 is 22.2 Å². The lowest BCUT2D eigenvalue weighted by Crippen LogP contribution is -2.34. The summed E-state index contributed by atoms with van der Waals surface area (Å²) >= 11 is 0. The van der Waals surface area contributed by atoms with Crippen LogP contribution in [-0.4, -0.2) is 30.6 Å². The Labute approximate surface area is 125 Å². The molecule has 0 amide bonds. The summed E-state index contributed by atoms with van der Waals surface area (Å²) in [5, 5.41) is 11.5. The van der Waals surface area contributed by atoms with E-state index in [1.165, 1.54) is 11.1 Å². The Kier molecular flexibility index (Phi) is 3.93. The maximum Gasteiger partial charge on any atom is 0.159 e. The topological polar surface area (TPSA) is 40.5 Å². The van der Waals surface area contributed by atoms with Gasteiger partial charge in [0.2, 0.25) is 0 Å².